The number of likely N-dealkylation sites (tertiary alicyclic amines) is 1. The summed E-state index contributed by atoms with van der Waals surface area (Å²) in [6.07, 6.45) is -4.13. The number of piperidine rings is 1. The fraction of sp³-hybridized carbons (Fsp3) is 0.440. The van der Waals surface area contributed by atoms with Crippen LogP contribution in [0.15, 0.2) is 36.4 Å². The van der Waals surface area contributed by atoms with Gasteiger partial charge in [0.15, 0.2) is 0 Å². The van der Waals surface area contributed by atoms with Gasteiger partial charge in [-0.15, -0.1) is 0 Å². The normalized spacial score (nSPS) is 22.1. The minimum atomic E-state index is -4.67. The lowest BCUT2D eigenvalue weighted by molar-refractivity contribution is -0.137. The topological polar surface area (TPSA) is 56.6 Å². The molecule has 1 amide bonds. The zero-order valence-corrected chi connectivity index (χ0v) is 19.0. The van der Waals surface area contributed by atoms with E-state index < -0.39 is 40.3 Å². The summed E-state index contributed by atoms with van der Waals surface area (Å²) in [7, 11) is 0. The van der Waals surface area contributed by atoms with Gasteiger partial charge in [-0.2, -0.15) is 18.4 Å². The average Bonchev–Trinajstić information content (AvgIpc) is 3.22. The number of halogens is 5. The fourth-order valence-corrected chi connectivity index (χ4v) is 5.11. The molecule has 5 nitrogen and oxygen atoms in total. The highest BCUT2D eigenvalue weighted by molar-refractivity contribution is 5.94. The summed E-state index contributed by atoms with van der Waals surface area (Å²) in [4.78, 5) is 16.4. The van der Waals surface area contributed by atoms with Crippen LogP contribution in [0.4, 0.5) is 27.6 Å². The first-order valence-electron chi connectivity index (χ1n) is 11.3. The van der Waals surface area contributed by atoms with Crippen LogP contribution in [-0.4, -0.2) is 50.2 Å². The van der Waals surface area contributed by atoms with Gasteiger partial charge < -0.3 is 14.5 Å². The molecular formula is C25H24F5N3O2. The maximum Gasteiger partial charge on any atom is 0.417 e. The zero-order chi connectivity index (χ0) is 25.4. The minimum Gasteiger partial charge on any atom is -0.381 e. The smallest absolute Gasteiger partial charge is 0.381 e. The Morgan fingerprint density at radius 1 is 1.20 bits per heavy atom. The molecule has 0 radical (unpaired) electrons. The lowest BCUT2D eigenvalue weighted by Crippen LogP contribution is -2.49. The molecule has 2 fully saturated rings. The van der Waals surface area contributed by atoms with E-state index in [0.29, 0.717) is 38.4 Å². The van der Waals surface area contributed by atoms with Gasteiger partial charge in [0.05, 0.1) is 29.4 Å². The Labute approximate surface area is 199 Å². The van der Waals surface area contributed by atoms with Gasteiger partial charge in [-0.25, -0.2) is 8.78 Å². The second-order valence-electron chi connectivity index (χ2n) is 9.04. The molecule has 0 N–H and O–H groups in total. The molecule has 0 aromatic heterocycles. The first-order valence-corrected chi connectivity index (χ1v) is 11.3. The number of hydrogen-bond donors (Lipinski definition) is 0. The maximum atomic E-state index is 14.3. The minimum absolute atomic E-state index is 0.159. The number of alkyl halides is 3. The molecule has 35 heavy (non-hydrogen) atoms. The van der Waals surface area contributed by atoms with Crippen molar-refractivity contribution in [1.82, 2.24) is 4.90 Å². The molecule has 0 aliphatic carbocycles. The van der Waals surface area contributed by atoms with Crippen LogP contribution in [0.2, 0.25) is 0 Å². The first kappa shape index (κ1) is 24.9. The maximum absolute atomic E-state index is 14.3. The summed E-state index contributed by atoms with van der Waals surface area (Å²) in [6, 6.07) is 7.94. The molecule has 10 heteroatoms. The highest BCUT2D eigenvalue weighted by atomic mass is 19.4. The second kappa shape index (κ2) is 9.46. The summed E-state index contributed by atoms with van der Waals surface area (Å²) in [5, 5.41) is 9.07. The predicted molar refractivity (Wildman–Crippen MR) is 118 cm³/mol. The molecule has 2 aromatic carbocycles. The van der Waals surface area contributed by atoms with E-state index in [4.69, 9.17) is 10.00 Å². The molecule has 2 aliphatic rings. The quantitative estimate of drug-likeness (QED) is 0.559. The third kappa shape index (κ3) is 4.82. The number of fused-ring (bicyclic) bond motifs is 1. The average molecular weight is 493 g/mol. The van der Waals surface area contributed by atoms with Gasteiger partial charge in [0.2, 0.25) is 0 Å². The van der Waals surface area contributed by atoms with Gasteiger partial charge in [-0.05, 0) is 49.7 Å². The Morgan fingerprint density at radius 2 is 1.97 bits per heavy atom. The van der Waals surface area contributed by atoms with Crippen LogP contribution in [0, 0.1) is 34.3 Å². The van der Waals surface area contributed by atoms with Crippen LogP contribution in [-0.2, 0) is 10.9 Å². The molecule has 2 unspecified atom stereocenters. The van der Waals surface area contributed by atoms with Crippen LogP contribution < -0.4 is 4.90 Å². The fourth-order valence-electron chi connectivity index (χ4n) is 5.11. The Hall–Kier alpha value is -3.19. The third-order valence-corrected chi connectivity index (χ3v) is 6.97. The largest absolute Gasteiger partial charge is 0.417 e. The van der Waals surface area contributed by atoms with E-state index in [1.54, 1.807) is 6.07 Å². The van der Waals surface area contributed by atoms with Crippen LogP contribution in [0.1, 0.15) is 34.8 Å². The number of nitriles is 1. The van der Waals surface area contributed by atoms with E-state index >= 15 is 0 Å². The lowest BCUT2D eigenvalue weighted by Gasteiger charge is -2.44. The van der Waals surface area contributed by atoms with E-state index in [1.807, 2.05) is 11.8 Å². The van der Waals surface area contributed by atoms with Crippen LogP contribution in [0.5, 0.6) is 0 Å². The molecule has 2 aromatic rings. The van der Waals surface area contributed by atoms with Gasteiger partial charge >= 0.3 is 6.18 Å². The van der Waals surface area contributed by atoms with Crippen LogP contribution in [0.25, 0.3) is 0 Å². The van der Waals surface area contributed by atoms with Crippen molar-refractivity contribution >= 4 is 11.6 Å². The molecule has 2 atom stereocenters. The van der Waals surface area contributed by atoms with E-state index in [1.165, 1.54) is 11.0 Å². The monoisotopic (exact) mass is 493 g/mol. The summed E-state index contributed by atoms with van der Waals surface area (Å²) in [6.45, 7) is 3.93. The molecule has 4 rings (SSSR count). The predicted octanol–water partition coefficient (Wildman–Crippen LogP) is 4.86. The number of rotatable bonds is 5. The van der Waals surface area contributed by atoms with E-state index in [2.05, 4.69) is 0 Å². The van der Waals surface area contributed by atoms with Crippen molar-refractivity contribution in [3.8, 4) is 6.07 Å². The number of carbonyl (C=O) groups excluding carboxylic acids is 1. The molecule has 2 saturated heterocycles. The van der Waals surface area contributed by atoms with E-state index in [0.717, 1.165) is 30.3 Å². The number of carbonyl (C=O) groups is 1. The number of nitrogens with zero attached hydrogens (tertiary/aromatic N) is 3. The Kier molecular flexibility index (Phi) is 6.73. The van der Waals surface area contributed by atoms with Gasteiger partial charge in [0, 0.05) is 49.8 Å². The number of hydrogen-bond acceptors (Lipinski definition) is 4. The van der Waals surface area contributed by atoms with E-state index in [9.17, 15) is 26.7 Å². The summed E-state index contributed by atoms with van der Waals surface area (Å²) in [5.41, 5.74) is -1.91. The number of amides is 1. The Bertz CT molecular complexity index is 1160. The van der Waals surface area contributed by atoms with Crippen molar-refractivity contribution in [2.24, 2.45) is 11.3 Å². The zero-order valence-electron chi connectivity index (χ0n) is 19.0. The molecule has 0 saturated carbocycles. The van der Waals surface area contributed by atoms with Gasteiger partial charge in [0.1, 0.15) is 11.6 Å². The SMILES string of the molecule is CCOCC12CCN(c3ccc(C#N)c(C(F)(F)F)c3)CC1CN(C(=O)c1cc(F)ccc1F)C2. The Morgan fingerprint density at radius 3 is 2.66 bits per heavy atom. The summed E-state index contributed by atoms with van der Waals surface area (Å²) >= 11 is 0. The van der Waals surface area contributed by atoms with Crippen molar-refractivity contribution < 1.29 is 31.5 Å². The number of ether oxygens (including phenoxy) is 1. The summed E-state index contributed by atoms with van der Waals surface area (Å²) in [5.74, 6) is -2.32. The second-order valence-corrected chi connectivity index (χ2v) is 9.04. The van der Waals surface area contributed by atoms with Crippen LogP contribution >= 0.6 is 0 Å². The van der Waals surface area contributed by atoms with Crippen molar-refractivity contribution in [2.45, 2.75) is 19.5 Å². The molecule has 2 aliphatic heterocycles. The van der Waals surface area contributed by atoms with Crippen molar-refractivity contribution in [3.63, 3.8) is 0 Å². The highest BCUT2D eigenvalue weighted by Gasteiger charge is 2.51. The standard InChI is InChI=1S/C25H24F5N3O2/c1-2-35-15-24-7-8-32(19-5-3-16(11-31)21(10-19)25(28,29)30)12-17(24)13-33(14-24)23(34)20-9-18(26)4-6-22(20)27/h3-6,9-10,17H,2,7-8,12-15H2,1H3. The molecule has 186 valence electrons. The Balaban J connectivity index is 1.61. The lowest BCUT2D eigenvalue weighted by atomic mass is 9.73. The third-order valence-electron chi connectivity index (χ3n) is 6.97. The molecule has 2 heterocycles. The first-order chi connectivity index (χ1) is 16.6. The van der Waals surface area contributed by atoms with Crippen LogP contribution in [0.3, 0.4) is 0 Å². The molecule has 0 bridgehead atoms. The van der Waals surface area contributed by atoms with Gasteiger partial charge in [-0.3, -0.25) is 4.79 Å². The molecule has 0 spiro atoms. The molecular weight excluding hydrogens is 469 g/mol. The van der Waals surface area contributed by atoms with Crippen molar-refractivity contribution in [3.05, 3.63) is 64.7 Å². The number of anilines is 1. The van der Waals surface area contributed by atoms with Gasteiger partial charge in [-0.1, -0.05) is 0 Å². The van der Waals surface area contributed by atoms with Crippen molar-refractivity contribution in [2.75, 3.05) is 44.3 Å². The van der Waals surface area contributed by atoms with E-state index in [-0.39, 0.29) is 24.6 Å². The summed E-state index contributed by atoms with van der Waals surface area (Å²) < 4.78 is 74.1. The van der Waals surface area contributed by atoms with Gasteiger partial charge in [0.25, 0.3) is 5.91 Å². The highest BCUT2D eigenvalue weighted by Crippen LogP contribution is 2.45. The van der Waals surface area contributed by atoms with Crippen molar-refractivity contribution in [1.29, 1.82) is 5.26 Å². The number of benzene rings is 2.